The number of aliphatic hydroxyl groups is 1. The van der Waals surface area contributed by atoms with E-state index in [9.17, 15) is 19.4 Å². The van der Waals surface area contributed by atoms with Crippen molar-refractivity contribution in [2.75, 3.05) is 6.61 Å². The highest BCUT2D eigenvalue weighted by Gasteiger charge is 2.19. The Labute approximate surface area is 183 Å². The van der Waals surface area contributed by atoms with Crippen molar-refractivity contribution in [3.63, 3.8) is 0 Å². The molecule has 2 aromatic heterocycles. The van der Waals surface area contributed by atoms with Gasteiger partial charge in [-0.2, -0.15) is 5.10 Å². The molecule has 0 aliphatic rings. The lowest BCUT2D eigenvalue weighted by molar-refractivity contribution is 0.0917. The third-order valence-corrected chi connectivity index (χ3v) is 5.01. The van der Waals surface area contributed by atoms with Crippen molar-refractivity contribution in [3.05, 3.63) is 90.0 Å². The first-order valence-electron chi connectivity index (χ1n) is 10.0. The molecule has 4 aromatic rings. The van der Waals surface area contributed by atoms with Gasteiger partial charge in [0.25, 0.3) is 5.91 Å². The molecule has 8 heteroatoms. The van der Waals surface area contributed by atoms with E-state index in [2.05, 4.69) is 20.5 Å². The Morgan fingerprint density at radius 1 is 1.06 bits per heavy atom. The van der Waals surface area contributed by atoms with Crippen LogP contribution in [0.5, 0.6) is 5.75 Å². The quantitative estimate of drug-likeness (QED) is 0.358. The zero-order valence-corrected chi connectivity index (χ0v) is 17.0. The van der Waals surface area contributed by atoms with Gasteiger partial charge in [0.2, 0.25) is 0 Å². The van der Waals surface area contributed by atoms with Crippen LogP contribution in [-0.2, 0) is 6.42 Å². The van der Waals surface area contributed by atoms with Gasteiger partial charge >= 0.3 is 0 Å². The molecule has 0 bridgehead atoms. The number of aliphatic hydroxyl groups excluding tert-OH is 1. The highest BCUT2D eigenvalue weighted by Crippen LogP contribution is 2.31. The molecule has 2 aromatic carbocycles. The number of pyridine rings is 1. The normalized spacial score (nSPS) is 11.8. The summed E-state index contributed by atoms with van der Waals surface area (Å²) in [6.45, 7) is -0.234. The number of carbonyl (C=O) groups excluding carboxylic acids is 1. The number of benzene rings is 2. The molecule has 4 N–H and O–H groups in total. The van der Waals surface area contributed by atoms with Gasteiger partial charge in [-0.05, 0) is 36.4 Å². The number of amides is 1. The van der Waals surface area contributed by atoms with Crippen LogP contribution in [-0.4, -0.2) is 44.0 Å². The molecule has 4 rings (SSSR count). The number of hydrogen-bond donors (Lipinski definition) is 4. The third kappa shape index (κ3) is 4.65. The van der Waals surface area contributed by atoms with Crippen molar-refractivity contribution < 1.29 is 19.4 Å². The zero-order valence-electron chi connectivity index (χ0n) is 17.0. The molecule has 0 aliphatic carbocycles. The monoisotopic (exact) mass is 432 g/mol. The molecular weight excluding hydrogens is 411 g/mol. The Balaban J connectivity index is 1.58. The van der Waals surface area contributed by atoms with Crippen LogP contribution in [0.25, 0.3) is 22.5 Å². The summed E-state index contributed by atoms with van der Waals surface area (Å²) in [4.78, 5) is 17.2. The Kier molecular flexibility index (Phi) is 6.23. The average Bonchev–Trinajstić information content (AvgIpc) is 3.29. The van der Waals surface area contributed by atoms with Crippen LogP contribution in [0.3, 0.4) is 0 Å². The van der Waals surface area contributed by atoms with Crippen molar-refractivity contribution >= 4 is 5.91 Å². The van der Waals surface area contributed by atoms with Crippen LogP contribution < -0.4 is 5.32 Å². The Hall–Kier alpha value is -4.04. The fraction of sp³-hybridized carbons (Fsp3) is 0.125. The minimum Gasteiger partial charge on any atom is -0.507 e. The van der Waals surface area contributed by atoms with Crippen molar-refractivity contribution in [2.24, 2.45) is 0 Å². The largest absolute Gasteiger partial charge is 0.507 e. The van der Waals surface area contributed by atoms with Gasteiger partial charge in [-0.25, -0.2) is 4.39 Å². The topological polar surface area (TPSA) is 111 Å². The molecular formula is C24H21FN4O3. The number of nitrogens with zero attached hydrogens (tertiary/aromatic N) is 2. The number of rotatable bonds is 7. The summed E-state index contributed by atoms with van der Waals surface area (Å²) in [7, 11) is 0. The Morgan fingerprint density at radius 3 is 2.62 bits per heavy atom. The van der Waals surface area contributed by atoms with E-state index in [-0.39, 0.29) is 18.3 Å². The summed E-state index contributed by atoms with van der Waals surface area (Å²) in [5.41, 5.74) is 3.09. The van der Waals surface area contributed by atoms with Gasteiger partial charge < -0.3 is 15.5 Å². The third-order valence-electron chi connectivity index (χ3n) is 5.01. The smallest absolute Gasteiger partial charge is 0.252 e. The lowest BCUT2D eigenvalue weighted by atomic mass is 10.0. The highest BCUT2D eigenvalue weighted by molar-refractivity contribution is 6.00. The molecule has 0 spiro atoms. The Bertz CT molecular complexity index is 1230. The molecule has 0 saturated heterocycles. The maximum absolute atomic E-state index is 13.3. The minimum absolute atomic E-state index is 0.227. The summed E-state index contributed by atoms with van der Waals surface area (Å²) in [6.07, 6.45) is 2.05. The molecule has 32 heavy (non-hydrogen) atoms. The number of aromatic amines is 1. The summed E-state index contributed by atoms with van der Waals surface area (Å²) in [5.74, 6) is -1.13. The first-order valence-corrected chi connectivity index (χ1v) is 10.0. The van der Waals surface area contributed by atoms with Crippen molar-refractivity contribution in [2.45, 2.75) is 12.5 Å². The molecule has 0 aliphatic heterocycles. The predicted molar refractivity (Wildman–Crippen MR) is 117 cm³/mol. The Morgan fingerprint density at radius 2 is 1.88 bits per heavy atom. The van der Waals surface area contributed by atoms with E-state index in [1.165, 1.54) is 12.1 Å². The van der Waals surface area contributed by atoms with E-state index >= 15 is 0 Å². The van der Waals surface area contributed by atoms with Crippen molar-refractivity contribution in [3.8, 4) is 28.3 Å². The standard InChI is InChI=1S/C24H21FN4O3/c25-15-8-9-20(23(31)11-15)22-13-21(28-29-22)18-6-1-2-7-19(18)24(32)27-17(14-30)12-16-5-3-4-10-26-16/h1-11,13,17,30-31H,12,14H2,(H,27,32)(H,28,29). The average molecular weight is 432 g/mol. The van der Waals surface area contributed by atoms with E-state index in [1.54, 1.807) is 42.6 Å². The van der Waals surface area contributed by atoms with Crippen LogP contribution in [0.1, 0.15) is 16.1 Å². The van der Waals surface area contributed by atoms with Gasteiger partial charge in [-0.15, -0.1) is 0 Å². The van der Waals surface area contributed by atoms with Crippen LogP contribution in [0, 0.1) is 5.82 Å². The van der Waals surface area contributed by atoms with Gasteiger partial charge in [-0.1, -0.05) is 24.3 Å². The summed E-state index contributed by atoms with van der Waals surface area (Å²) >= 11 is 0. The summed E-state index contributed by atoms with van der Waals surface area (Å²) < 4.78 is 13.3. The SMILES string of the molecule is O=C(NC(CO)Cc1ccccn1)c1ccccc1-c1cc(-c2ccc(F)cc2O)n[nH]1. The van der Waals surface area contributed by atoms with Gasteiger partial charge in [0, 0.05) is 41.1 Å². The van der Waals surface area contributed by atoms with E-state index in [0.717, 1.165) is 11.8 Å². The van der Waals surface area contributed by atoms with Gasteiger partial charge in [0.15, 0.2) is 0 Å². The van der Waals surface area contributed by atoms with Crippen LogP contribution >= 0.6 is 0 Å². The molecule has 0 radical (unpaired) electrons. The predicted octanol–water partition coefficient (Wildman–Crippen LogP) is 3.32. The van der Waals surface area contributed by atoms with Gasteiger partial charge in [0.1, 0.15) is 11.6 Å². The number of phenols is 1. The fourth-order valence-corrected chi connectivity index (χ4v) is 3.43. The lowest BCUT2D eigenvalue weighted by Gasteiger charge is -2.17. The maximum atomic E-state index is 13.3. The number of halogens is 1. The fourth-order valence-electron chi connectivity index (χ4n) is 3.43. The van der Waals surface area contributed by atoms with E-state index in [1.807, 2.05) is 12.1 Å². The van der Waals surface area contributed by atoms with Crippen LogP contribution in [0.2, 0.25) is 0 Å². The molecule has 0 fully saturated rings. The number of aromatic hydroxyl groups is 1. The second kappa shape index (κ2) is 9.40. The minimum atomic E-state index is -0.548. The van der Waals surface area contributed by atoms with E-state index in [0.29, 0.717) is 34.5 Å². The number of aromatic nitrogens is 3. The molecule has 2 heterocycles. The zero-order chi connectivity index (χ0) is 22.5. The second-order valence-corrected chi connectivity index (χ2v) is 7.25. The molecule has 1 amide bonds. The molecule has 1 unspecified atom stereocenters. The van der Waals surface area contributed by atoms with Crippen LogP contribution in [0.4, 0.5) is 4.39 Å². The van der Waals surface area contributed by atoms with Crippen molar-refractivity contribution in [1.82, 2.24) is 20.5 Å². The second-order valence-electron chi connectivity index (χ2n) is 7.25. The molecule has 7 nitrogen and oxygen atoms in total. The van der Waals surface area contributed by atoms with E-state index in [4.69, 9.17) is 0 Å². The molecule has 162 valence electrons. The highest BCUT2D eigenvalue weighted by atomic mass is 19.1. The maximum Gasteiger partial charge on any atom is 0.252 e. The van der Waals surface area contributed by atoms with Crippen molar-refractivity contribution in [1.29, 1.82) is 0 Å². The number of carbonyl (C=O) groups is 1. The number of hydrogen-bond acceptors (Lipinski definition) is 5. The van der Waals surface area contributed by atoms with Crippen LogP contribution in [0.15, 0.2) is 72.9 Å². The van der Waals surface area contributed by atoms with Gasteiger partial charge in [-0.3, -0.25) is 14.9 Å². The first-order chi connectivity index (χ1) is 15.5. The number of nitrogens with one attached hydrogen (secondary N) is 2. The molecule has 0 saturated carbocycles. The number of phenolic OH excluding ortho intramolecular Hbond substituents is 1. The lowest BCUT2D eigenvalue weighted by Crippen LogP contribution is -2.39. The summed E-state index contributed by atoms with van der Waals surface area (Å²) in [5, 5.41) is 29.7. The number of H-pyrrole nitrogens is 1. The molecule has 1 atom stereocenters. The van der Waals surface area contributed by atoms with E-state index < -0.39 is 11.9 Å². The van der Waals surface area contributed by atoms with Gasteiger partial charge in [0.05, 0.1) is 24.0 Å². The first kappa shape index (κ1) is 21.2. The summed E-state index contributed by atoms with van der Waals surface area (Å²) in [6, 6.07) is 17.3.